The zero-order valence-electron chi connectivity index (χ0n) is 12.2. The molecule has 1 rings (SSSR count). The second-order valence-electron chi connectivity index (χ2n) is 5.09. The summed E-state index contributed by atoms with van der Waals surface area (Å²) in [6.45, 7) is 10.2. The number of rotatable bonds is 8. The predicted molar refractivity (Wildman–Crippen MR) is 77.9 cm³/mol. The van der Waals surface area contributed by atoms with Gasteiger partial charge in [0, 0.05) is 12.6 Å². The van der Waals surface area contributed by atoms with Crippen LogP contribution in [0.15, 0.2) is 24.3 Å². The molecule has 0 heterocycles. The first-order valence-corrected chi connectivity index (χ1v) is 7.07. The maximum absolute atomic E-state index is 5.52. The van der Waals surface area contributed by atoms with Gasteiger partial charge in [-0.05, 0) is 38.3 Å². The number of nitrogens with one attached hydrogen (secondary N) is 1. The van der Waals surface area contributed by atoms with Crippen LogP contribution in [0.1, 0.15) is 51.3 Å². The van der Waals surface area contributed by atoms with Crippen molar-refractivity contribution in [2.24, 2.45) is 0 Å². The lowest BCUT2D eigenvalue weighted by molar-refractivity contribution is 0.0796. The van der Waals surface area contributed by atoms with Gasteiger partial charge < -0.3 is 10.1 Å². The topological polar surface area (TPSA) is 21.3 Å². The van der Waals surface area contributed by atoms with Gasteiger partial charge in [0.1, 0.15) is 0 Å². The number of benzene rings is 1. The summed E-state index contributed by atoms with van der Waals surface area (Å²) < 4.78 is 5.52. The van der Waals surface area contributed by atoms with E-state index >= 15 is 0 Å². The van der Waals surface area contributed by atoms with E-state index in [4.69, 9.17) is 4.74 Å². The van der Waals surface area contributed by atoms with Crippen LogP contribution in [0.25, 0.3) is 0 Å². The van der Waals surface area contributed by atoms with E-state index in [0.29, 0.717) is 12.1 Å². The van der Waals surface area contributed by atoms with Crippen LogP contribution in [-0.2, 0) is 11.2 Å². The molecule has 0 aliphatic rings. The Labute approximate surface area is 112 Å². The number of aryl methyl sites for hydroxylation is 1. The Morgan fingerprint density at radius 1 is 1.11 bits per heavy atom. The minimum atomic E-state index is 0.315. The molecule has 0 amide bonds. The lowest BCUT2D eigenvalue weighted by Crippen LogP contribution is -2.24. The molecule has 0 fully saturated rings. The number of ether oxygens (including phenoxy) is 1. The fraction of sp³-hybridized carbons (Fsp3) is 0.625. The maximum atomic E-state index is 5.52. The number of hydrogen-bond acceptors (Lipinski definition) is 2. The van der Waals surface area contributed by atoms with E-state index in [2.05, 4.69) is 57.3 Å². The normalized spacial score (nSPS) is 12.9. The van der Waals surface area contributed by atoms with Gasteiger partial charge in [0.15, 0.2) is 0 Å². The SMILES string of the molecule is CCCc1ccc(C(C)NCCOC(C)C)cc1. The second kappa shape index (κ2) is 8.28. The molecule has 0 aliphatic carbocycles. The van der Waals surface area contributed by atoms with Crippen LogP contribution in [0, 0.1) is 0 Å². The van der Waals surface area contributed by atoms with Crippen LogP contribution >= 0.6 is 0 Å². The highest BCUT2D eigenvalue weighted by molar-refractivity contribution is 5.24. The van der Waals surface area contributed by atoms with E-state index < -0.39 is 0 Å². The highest BCUT2D eigenvalue weighted by Crippen LogP contribution is 2.14. The first-order valence-electron chi connectivity index (χ1n) is 7.07. The molecule has 0 bridgehead atoms. The third-order valence-corrected chi connectivity index (χ3v) is 3.02. The Kier molecular flexibility index (Phi) is 6.99. The zero-order valence-corrected chi connectivity index (χ0v) is 12.2. The Bertz CT molecular complexity index is 318. The van der Waals surface area contributed by atoms with Gasteiger partial charge in [-0.3, -0.25) is 0 Å². The summed E-state index contributed by atoms with van der Waals surface area (Å²) in [6.07, 6.45) is 2.69. The summed E-state index contributed by atoms with van der Waals surface area (Å²) in [5.74, 6) is 0. The largest absolute Gasteiger partial charge is 0.377 e. The Hall–Kier alpha value is -0.860. The van der Waals surface area contributed by atoms with Crippen molar-refractivity contribution < 1.29 is 4.74 Å². The summed E-state index contributed by atoms with van der Waals surface area (Å²) in [6, 6.07) is 9.32. The summed E-state index contributed by atoms with van der Waals surface area (Å²) in [4.78, 5) is 0. The Morgan fingerprint density at radius 2 is 1.78 bits per heavy atom. The molecule has 102 valence electrons. The van der Waals surface area contributed by atoms with Crippen LogP contribution in [-0.4, -0.2) is 19.3 Å². The van der Waals surface area contributed by atoms with Crippen molar-refractivity contribution in [1.82, 2.24) is 5.32 Å². The molecule has 0 spiro atoms. The van der Waals surface area contributed by atoms with E-state index in [0.717, 1.165) is 13.2 Å². The maximum Gasteiger partial charge on any atom is 0.0594 e. The molecule has 2 nitrogen and oxygen atoms in total. The first kappa shape index (κ1) is 15.2. The molecule has 1 N–H and O–H groups in total. The summed E-state index contributed by atoms with van der Waals surface area (Å²) in [5, 5.41) is 3.48. The molecule has 0 saturated heterocycles. The van der Waals surface area contributed by atoms with Gasteiger partial charge in [0.25, 0.3) is 0 Å². The summed E-state index contributed by atoms with van der Waals surface area (Å²) in [5.41, 5.74) is 2.77. The van der Waals surface area contributed by atoms with E-state index in [1.807, 2.05) is 0 Å². The van der Waals surface area contributed by atoms with Crippen molar-refractivity contribution >= 4 is 0 Å². The van der Waals surface area contributed by atoms with Crippen LogP contribution in [0.4, 0.5) is 0 Å². The molecule has 1 atom stereocenters. The van der Waals surface area contributed by atoms with Crippen molar-refractivity contribution in [2.75, 3.05) is 13.2 Å². The first-order chi connectivity index (χ1) is 8.63. The summed E-state index contributed by atoms with van der Waals surface area (Å²) in [7, 11) is 0. The van der Waals surface area contributed by atoms with Crippen molar-refractivity contribution in [1.29, 1.82) is 0 Å². The minimum Gasteiger partial charge on any atom is -0.377 e. The van der Waals surface area contributed by atoms with Gasteiger partial charge in [0.2, 0.25) is 0 Å². The molecule has 0 aromatic heterocycles. The van der Waals surface area contributed by atoms with Gasteiger partial charge in [-0.25, -0.2) is 0 Å². The fourth-order valence-corrected chi connectivity index (χ4v) is 1.95. The molecule has 0 aliphatic heterocycles. The quantitative estimate of drug-likeness (QED) is 0.709. The Morgan fingerprint density at radius 3 is 2.33 bits per heavy atom. The molecule has 0 radical (unpaired) electrons. The van der Waals surface area contributed by atoms with Gasteiger partial charge in [-0.1, -0.05) is 37.6 Å². The van der Waals surface area contributed by atoms with Crippen LogP contribution in [0.2, 0.25) is 0 Å². The molecule has 2 heteroatoms. The van der Waals surface area contributed by atoms with Crippen LogP contribution in [0.3, 0.4) is 0 Å². The second-order valence-corrected chi connectivity index (χ2v) is 5.09. The molecule has 1 aromatic carbocycles. The van der Waals surface area contributed by atoms with Crippen LogP contribution in [0.5, 0.6) is 0 Å². The highest BCUT2D eigenvalue weighted by Gasteiger charge is 2.04. The van der Waals surface area contributed by atoms with Gasteiger partial charge >= 0.3 is 0 Å². The van der Waals surface area contributed by atoms with Gasteiger partial charge in [-0.2, -0.15) is 0 Å². The predicted octanol–water partition coefficient (Wildman–Crippen LogP) is 3.71. The molecule has 1 unspecified atom stereocenters. The standard InChI is InChI=1S/C16H27NO/c1-5-6-15-7-9-16(10-8-15)14(4)17-11-12-18-13(2)3/h7-10,13-14,17H,5-6,11-12H2,1-4H3. The van der Waals surface area contributed by atoms with Crippen molar-refractivity contribution in [3.8, 4) is 0 Å². The number of hydrogen-bond donors (Lipinski definition) is 1. The van der Waals surface area contributed by atoms with Gasteiger partial charge in [0.05, 0.1) is 12.7 Å². The fourth-order valence-electron chi connectivity index (χ4n) is 1.95. The Balaban J connectivity index is 2.34. The van der Waals surface area contributed by atoms with Crippen molar-refractivity contribution in [3.05, 3.63) is 35.4 Å². The third kappa shape index (κ3) is 5.65. The highest BCUT2D eigenvalue weighted by atomic mass is 16.5. The minimum absolute atomic E-state index is 0.315. The lowest BCUT2D eigenvalue weighted by Gasteiger charge is -2.15. The van der Waals surface area contributed by atoms with E-state index in [9.17, 15) is 0 Å². The molecular weight excluding hydrogens is 222 g/mol. The third-order valence-electron chi connectivity index (χ3n) is 3.02. The molecule has 1 aromatic rings. The monoisotopic (exact) mass is 249 g/mol. The van der Waals surface area contributed by atoms with Gasteiger partial charge in [-0.15, -0.1) is 0 Å². The van der Waals surface area contributed by atoms with Crippen LogP contribution < -0.4 is 5.32 Å². The lowest BCUT2D eigenvalue weighted by atomic mass is 10.0. The van der Waals surface area contributed by atoms with E-state index in [1.54, 1.807) is 0 Å². The molecule has 0 saturated carbocycles. The van der Waals surface area contributed by atoms with Crippen molar-refractivity contribution in [3.63, 3.8) is 0 Å². The van der Waals surface area contributed by atoms with E-state index in [-0.39, 0.29) is 0 Å². The zero-order chi connectivity index (χ0) is 13.4. The average molecular weight is 249 g/mol. The van der Waals surface area contributed by atoms with E-state index in [1.165, 1.54) is 24.0 Å². The molecular formula is C16H27NO. The average Bonchev–Trinajstić information content (AvgIpc) is 2.35. The van der Waals surface area contributed by atoms with Crippen molar-refractivity contribution in [2.45, 2.75) is 52.7 Å². The summed E-state index contributed by atoms with van der Waals surface area (Å²) >= 11 is 0. The smallest absolute Gasteiger partial charge is 0.0594 e. The molecule has 18 heavy (non-hydrogen) atoms.